The lowest BCUT2D eigenvalue weighted by Crippen LogP contribution is -2.21. The zero-order chi connectivity index (χ0) is 12.3. The van der Waals surface area contributed by atoms with Gasteiger partial charge in [0.1, 0.15) is 11.6 Å². The molecule has 17 heavy (non-hydrogen) atoms. The number of rotatable bonds is 3. The molecule has 1 aromatic rings. The maximum atomic E-state index is 5.50. The summed E-state index contributed by atoms with van der Waals surface area (Å²) in [5.41, 5.74) is 4.76. The van der Waals surface area contributed by atoms with E-state index in [0.29, 0.717) is 5.92 Å². The molecule has 1 atom stereocenters. The number of hydrogen-bond acceptors (Lipinski definition) is 5. The second-order valence-corrected chi connectivity index (χ2v) is 4.41. The van der Waals surface area contributed by atoms with E-state index in [0.717, 1.165) is 55.4 Å². The van der Waals surface area contributed by atoms with Crippen LogP contribution < -0.4 is 11.3 Å². The number of anilines is 1. The number of hydrogen-bond donors (Lipinski definition) is 2. The van der Waals surface area contributed by atoms with Gasteiger partial charge in [0.2, 0.25) is 0 Å². The molecule has 2 rings (SSSR count). The van der Waals surface area contributed by atoms with Crippen molar-refractivity contribution in [3.63, 3.8) is 0 Å². The van der Waals surface area contributed by atoms with E-state index in [1.807, 2.05) is 6.92 Å². The van der Waals surface area contributed by atoms with Crippen LogP contribution in [0.25, 0.3) is 0 Å². The first kappa shape index (κ1) is 12.3. The van der Waals surface area contributed by atoms with Gasteiger partial charge in [-0.3, -0.25) is 0 Å². The quantitative estimate of drug-likeness (QED) is 0.615. The first-order valence-electron chi connectivity index (χ1n) is 6.18. The average Bonchev–Trinajstić information content (AvgIpc) is 2.40. The van der Waals surface area contributed by atoms with Crippen LogP contribution >= 0.6 is 0 Å². The van der Waals surface area contributed by atoms with Gasteiger partial charge in [-0.05, 0) is 26.2 Å². The van der Waals surface area contributed by atoms with Crippen LogP contribution in [0, 0.1) is 6.92 Å². The van der Waals surface area contributed by atoms with Crippen LogP contribution in [0.1, 0.15) is 42.8 Å². The van der Waals surface area contributed by atoms with Crippen molar-refractivity contribution in [1.82, 2.24) is 9.97 Å². The van der Waals surface area contributed by atoms with Gasteiger partial charge in [-0.2, -0.15) is 0 Å². The fourth-order valence-electron chi connectivity index (χ4n) is 2.19. The Bertz CT molecular complexity index is 363. The number of nitrogens with one attached hydrogen (secondary N) is 1. The van der Waals surface area contributed by atoms with Crippen LogP contribution in [0.4, 0.5) is 5.82 Å². The Labute approximate surface area is 102 Å². The molecule has 0 saturated carbocycles. The molecule has 0 spiro atoms. The van der Waals surface area contributed by atoms with Crippen molar-refractivity contribution >= 4 is 5.82 Å². The van der Waals surface area contributed by atoms with E-state index < -0.39 is 0 Å². The van der Waals surface area contributed by atoms with Crippen molar-refractivity contribution in [3.8, 4) is 0 Å². The third-order valence-electron chi connectivity index (χ3n) is 3.26. The summed E-state index contributed by atoms with van der Waals surface area (Å²) in [5, 5.41) is 0. The molecule has 1 aliphatic rings. The van der Waals surface area contributed by atoms with Crippen LogP contribution in [0.2, 0.25) is 0 Å². The summed E-state index contributed by atoms with van der Waals surface area (Å²) in [6, 6.07) is 0. The molecule has 1 aliphatic heterocycles. The van der Waals surface area contributed by atoms with Crippen molar-refractivity contribution < 1.29 is 4.74 Å². The molecular formula is C12H20N4O. The van der Waals surface area contributed by atoms with Crippen LogP contribution in [-0.2, 0) is 11.2 Å². The van der Waals surface area contributed by atoms with Gasteiger partial charge < -0.3 is 10.2 Å². The number of aryl methyl sites for hydroxylation is 1. The molecule has 0 aliphatic carbocycles. The van der Waals surface area contributed by atoms with Crippen molar-refractivity contribution in [2.24, 2.45) is 5.84 Å². The van der Waals surface area contributed by atoms with Crippen LogP contribution in [0.15, 0.2) is 0 Å². The Balaban J connectivity index is 2.33. The minimum atomic E-state index is 0.307. The Morgan fingerprint density at radius 3 is 2.88 bits per heavy atom. The van der Waals surface area contributed by atoms with Gasteiger partial charge in [0, 0.05) is 23.8 Å². The van der Waals surface area contributed by atoms with Gasteiger partial charge in [0.05, 0.1) is 6.61 Å². The molecule has 0 amide bonds. The topological polar surface area (TPSA) is 73.1 Å². The molecule has 2 heterocycles. The van der Waals surface area contributed by atoms with Crippen LogP contribution in [0.5, 0.6) is 0 Å². The van der Waals surface area contributed by atoms with Gasteiger partial charge in [-0.25, -0.2) is 15.8 Å². The van der Waals surface area contributed by atoms with Crippen LogP contribution in [0.3, 0.4) is 0 Å². The van der Waals surface area contributed by atoms with E-state index in [9.17, 15) is 0 Å². The predicted molar refractivity (Wildman–Crippen MR) is 66.8 cm³/mol. The summed E-state index contributed by atoms with van der Waals surface area (Å²) in [6.07, 6.45) is 3.06. The SMILES string of the molecule is CCc1nc(C2CCCOC2)nc(NN)c1C. The molecule has 5 nitrogen and oxygen atoms in total. The van der Waals surface area contributed by atoms with E-state index >= 15 is 0 Å². The highest BCUT2D eigenvalue weighted by molar-refractivity contribution is 5.45. The Hall–Kier alpha value is -1.20. The predicted octanol–water partition coefficient (Wildman–Crippen LogP) is 1.53. The Kier molecular flexibility index (Phi) is 3.91. The molecular weight excluding hydrogens is 216 g/mol. The molecule has 1 aromatic heterocycles. The maximum Gasteiger partial charge on any atom is 0.146 e. The van der Waals surface area contributed by atoms with E-state index in [1.165, 1.54) is 0 Å². The molecule has 94 valence electrons. The highest BCUT2D eigenvalue weighted by Gasteiger charge is 2.20. The highest BCUT2D eigenvalue weighted by atomic mass is 16.5. The van der Waals surface area contributed by atoms with Gasteiger partial charge in [0.15, 0.2) is 0 Å². The molecule has 5 heteroatoms. The van der Waals surface area contributed by atoms with E-state index in [-0.39, 0.29) is 0 Å². The summed E-state index contributed by atoms with van der Waals surface area (Å²) >= 11 is 0. The fraction of sp³-hybridized carbons (Fsp3) is 0.667. The lowest BCUT2D eigenvalue weighted by Gasteiger charge is -2.22. The van der Waals surface area contributed by atoms with Gasteiger partial charge in [-0.1, -0.05) is 6.92 Å². The Morgan fingerprint density at radius 2 is 2.29 bits per heavy atom. The Morgan fingerprint density at radius 1 is 1.47 bits per heavy atom. The number of hydrazine groups is 1. The third kappa shape index (κ3) is 2.56. The van der Waals surface area contributed by atoms with E-state index in [4.69, 9.17) is 10.6 Å². The number of nitrogen functional groups attached to an aromatic ring is 1. The molecule has 0 radical (unpaired) electrons. The van der Waals surface area contributed by atoms with Crippen molar-refractivity contribution in [2.45, 2.75) is 39.0 Å². The van der Waals surface area contributed by atoms with Gasteiger partial charge in [0.25, 0.3) is 0 Å². The number of nitrogens with two attached hydrogens (primary N) is 1. The second kappa shape index (κ2) is 5.42. The summed E-state index contributed by atoms with van der Waals surface area (Å²) < 4.78 is 5.48. The van der Waals surface area contributed by atoms with Gasteiger partial charge in [-0.15, -0.1) is 0 Å². The van der Waals surface area contributed by atoms with Crippen LogP contribution in [-0.4, -0.2) is 23.2 Å². The van der Waals surface area contributed by atoms with E-state index in [1.54, 1.807) is 0 Å². The molecule has 3 N–H and O–H groups in total. The zero-order valence-corrected chi connectivity index (χ0v) is 10.5. The third-order valence-corrected chi connectivity index (χ3v) is 3.26. The van der Waals surface area contributed by atoms with E-state index in [2.05, 4.69) is 22.3 Å². The van der Waals surface area contributed by atoms with Crippen molar-refractivity contribution in [3.05, 3.63) is 17.1 Å². The summed E-state index contributed by atoms with van der Waals surface area (Å²) in [4.78, 5) is 9.13. The lowest BCUT2D eigenvalue weighted by atomic mass is 10.0. The number of aromatic nitrogens is 2. The summed E-state index contributed by atoms with van der Waals surface area (Å²) in [7, 11) is 0. The summed E-state index contributed by atoms with van der Waals surface area (Å²) in [6.45, 7) is 5.66. The smallest absolute Gasteiger partial charge is 0.146 e. The molecule has 1 fully saturated rings. The first-order valence-corrected chi connectivity index (χ1v) is 6.18. The zero-order valence-electron chi connectivity index (χ0n) is 10.5. The normalized spacial score (nSPS) is 20.3. The standard InChI is InChI=1S/C12H20N4O/c1-3-10-8(2)11(16-13)15-12(14-10)9-5-4-6-17-7-9/h9H,3-7,13H2,1-2H3,(H,14,15,16). The van der Waals surface area contributed by atoms with Crippen molar-refractivity contribution in [1.29, 1.82) is 0 Å². The number of ether oxygens (including phenoxy) is 1. The minimum Gasteiger partial charge on any atom is -0.381 e. The first-order chi connectivity index (χ1) is 8.26. The summed E-state index contributed by atoms with van der Waals surface area (Å²) in [5.74, 6) is 7.40. The largest absolute Gasteiger partial charge is 0.381 e. The second-order valence-electron chi connectivity index (χ2n) is 4.41. The van der Waals surface area contributed by atoms with Gasteiger partial charge >= 0.3 is 0 Å². The molecule has 0 bridgehead atoms. The molecule has 0 aromatic carbocycles. The lowest BCUT2D eigenvalue weighted by molar-refractivity contribution is 0.0780. The number of nitrogens with zero attached hydrogens (tertiary/aromatic N) is 2. The fourth-order valence-corrected chi connectivity index (χ4v) is 2.19. The monoisotopic (exact) mass is 236 g/mol. The molecule has 1 saturated heterocycles. The van der Waals surface area contributed by atoms with Crippen molar-refractivity contribution in [2.75, 3.05) is 18.6 Å². The average molecular weight is 236 g/mol. The molecule has 1 unspecified atom stereocenters. The maximum absolute atomic E-state index is 5.50. The highest BCUT2D eigenvalue weighted by Crippen LogP contribution is 2.25. The minimum absolute atomic E-state index is 0.307.